The van der Waals surface area contributed by atoms with E-state index < -0.39 is 16.0 Å². The van der Waals surface area contributed by atoms with Crippen LogP contribution in [0.15, 0.2) is 119 Å². The van der Waals surface area contributed by atoms with E-state index in [2.05, 4.69) is 144 Å². The average Bonchev–Trinajstić information content (AvgIpc) is 3.34. The Morgan fingerprint density at radius 1 is 0.783 bits per heavy atom. The summed E-state index contributed by atoms with van der Waals surface area (Å²) in [5.74, 6) is 1.22. The first-order valence-corrected chi connectivity index (χ1v) is 27.1. The maximum absolute atomic E-state index is 15.0. The van der Waals surface area contributed by atoms with Crippen molar-refractivity contribution in [2.45, 2.75) is 138 Å². The Bertz CT molecular complexity index is 2880. The number of esters is 1. The van der Waals surface area contributed by atoms with Gasteiger partial charge in [-0.1, -0.05) is 121 Å². The zero-order valence-electron chi connectivity index (χ0n) is 42.9. The highest BCUT2D eigenvalue weighted by atomic mass is 32.2. The molecular formula is C60H76N3O5S+. The SMILES string of the molecule is C=C(C)C(=O)OC1CCN(S(=O)(=O)c2ccccc2-c2c3cc/c(=[N+](/CC(CC)CCCC)c4c(C)cccc4C)cc-3oc3cc(N(CC(CC)CCCC)c4c(C)cccc4C)ccc23)CC1. The van der Waals surface area contributed by atoms with Crippen molar-refractivity contribution in [1.29, 1.82) is 0 Å². The lowest BCUT2D eigenvalue weighted by Crippen LogP contribution is -2.41. The second-order valence-electron chi connectivity index (χ2n) is 19.7. The predicted molar refractivity (Wildman–Crippen MR) is 286 cm³/mol. The molecule has 0 N–H and O–H groups in total. The highest BCUT2D eigenvalue weighted by molar-refractivity contribution is 7.89. The van der Waals surface area contributed by atoms with Gasteiger partial charge >= 0.3 is 5.97 Å². The van der Waals surface area contributed by atoms with Crippen LogP contribution in [0.2, 0.25) is 0 Å². The van der Waals surface area contributed by atoms with E-state index >= 15 is 0 Å². The lowest BCUT2D eigenvalue weighted by molar-refractivity contribution is -0.145. The van der Waals surface area contributed by atoms with Crippen LogP contribution in [0.5, 0.6) is 0 Å². The number of anilines is 2. The Balaban J connectivity index is 1.49. The van der Waals surface area contributed by atoms with Gasteiger partial charge in [-0.05, 0) is 108 Å². The number of hydrogen-bond donors (Lipinski definition) is 0. The van der Waals surface area contributed by atoms with E-state index in [1.54, 1.807) is 17.3 Å². The number of fused-ring (bicyclic) bond motifs is 2. The summed E-state index contributed by atoms with van der Waals surface area (Å²) < 4.78 is 46.9. The van der Waals surface area contributed by atoms with Crippen LogP contribution in [0, 0.1) is 39.5 Å². The third kappa shape index (κ3) is 11.4. The molecule has 366 valence electrons. The van der Waals surface area contributed by atoms with E-state index in [4.69, 9.17) is 9.15 Å². The molecule has 69 heavy (non-hydrogen) atoms. The Kier molecular flexibility index (Phi) is 17.1. The first kappa shape index (κ1) is 51.3. The molecule has 2 heterocycles. The molecule has 9 heteroatoms. The molecule has 0 radical (unpaired) electrons. The molecule has 2 aliphatic heterocycles. The topological polar surface area (TPSA) is 83.1 Å². The smallest absolute Gasteiger partial charge is 0.333 e. The van der Waals surface area contributed by atoms with Crippen molar-refractivity contribution in [3.05, 3.63) is 137 Å². The molecular weight excluding hydrogens is 875 g/mol. The summed E-state index contributed by atoms with van der Waals surface area (Å²) in [6.07, 6.45) is 9.59. The Hall–Kier alpha value is -5.51. The number of piperidine rings is 1. The van der Waals surface area contributed by atoms with Crippen LogP contribution in [-0.4, -0.2) is 51.0 Å². The van der Waals surface area contributed by atoms with Crippen molar-refractivity contribution in [3.8, 4) is 22.5 Å². The predicted octanol–water partition coefficient (Wildman–Crippen LogP) is 14.4. The molecule has 1 aliphatic carbocycles. The lowest BCUT2D eigenvalue weighted by Gasteiger charge is -2.32. The first-order chi connectivity index (χ1) is 33.2. The van der Waals surface area contributed by atoms with E-state index in [-0.39, 0.29) is 24.1 Å². The normalized spacial score (nSPS) is 15.0. The summed E-state index contributed by atoms with van der Waals surface area (Å²) in [6.45, 7) is 25.5. The Labute approximate surface area is 413 Å². The number of unbranched alkanes of at least 4 members (excludes halogenated alkanes) is 2. The van der Waals surface area contributed by atoms with Crippen molar-refractivity contribution in [2.75, 3.05) is 31.1 Å². The summed E-state index contributed by atoms with van der Waals surface area (Å²) in [5, 5.41) is 1.87. The molecule has 2 unspecified atom stereocenters. The van der Waals surface area contributed by atoms with Crippen LogP contribution in [-0.2, 0) is 19.6 Å². The molecule has 0 spiro atoms. The summed E-state index contributed by atoms with van der Waals surface area (Å²) in [4.78, 5) is 15.1. The van der Waals surface area contributed by atoms with Gasteiger partial charge in [0, 0.05) is 87.8 Å². The molecule has 0 bridgehead atoms. The number of sulfonamides is 1. The molecule has 0 saturated carbocycles. The fraction of sp³-hybridized carbons (Fsp3) is 0.433. The molecule has 0 amide bonds. The number of ether oxygens (including phenoxy) is 1. The summed E-state index contributed by atoms with van der Waals surface area (Å²) >= 11 is 0. The van der Waals surface area contributed by atoms with Gasteiger partial charge in [0.25, 0.3) is 0 Å². The van der Waals surface area contributed by atoms with Gasteiger partial charge in [0.05, 0.1) is 11.0 Å². The van der Waals surface area contributed by atoms with E-state index in [0.717, 1.165) is 79.2 Å². The highest BCUT2D eigenvalue weighted by Crippen LogP contribution is 2.45. The minimum absolute atomic E-state index is 0.236. The zero-order chi connectivity index (χ0) is 49.4. The summed E-state index contributed by atoms with van der Waals surface area (Å²) in [6, 6.07) is 33.5. The fourth-order valence-corrected chi connectivity index (χ4v) is 12.1. The van der Waals surface area contributed by atoms with E-state index in [1.165, 1.54) is 46.5 Å². The average molecular weight is 951 g/mol. The molecule has 8 nitrogen and oxygen atoms in total. The van der Waals surface area contributed by atoms with E-state index in [0.29, 0.717) is 47.2 Å². The third-order valence-electron chi connectivity index (χ3n) is 14.5. The van der Waals surface area contributed by atoms with Crippen molar-refractivity contribution in [2.24, 2.45) is 11.8 Å². The molecule has 4 aromatic rings. The molecule has 0 aromatic heterocycles. The number of carbonyl (C=O) groups is 1. The highest BCUT2D eigenvalue weighted by Gasteiger charge is 2.34. The second kappa shape index (κ2) is 22.9. The number of hydrogen-bond acceptors (Lipinski definition) is 6. The minimum atomic E-state index is -4.00. The van der Waals surface area contributed by atoms with Gasteiger partial charge < -0.3 is 14.1 Å². The number of rotatable bonds is 20. The van der Waals surface area contributed by atoms with Gasteiger partial charge in [-0.2, -0.15) is 8.88 Å². The van der Waals surface area contributed by atoms with E-state index in [9.17, 15) is 13.2 Å². The van der Waals surface area contributed by atoms with E-state index in [1.807, 2.05) is 18.2 Å². The first-order valence-electron chi connectivity index (χ1n) is 25.7. The lowest BCUT2D eigenvalue weighted by atomic mass is 9.93. The van der Waals surface area contributed by atoms with Gasteiger partial charge in [0.15, 0.2) is 6.54 Å². The largest absolute Gasteiger partial charge is 0.459 e. The molecule has 3 aliphatic rings. The maximum atomic E-state index is 15.0. The quantitative estimate of drug-likeness (QED) is 0.0328. The van der Waals surface area contributed by atoms with Crippen LogP contribution < -0.4 is 14.8 Å². The van der Waals surface area contributed by atoms with Crippen LogP contribution >= 0.6 is 0 Å². The van der Waals surface area contributed by atoms with Crippen LogP contribution in [0.3, 0.4) is 0 Å². The minimum Gasteiger partial charge on any atom is -0.459 e. The van der Waals surface area contributed by atoms with Gasteiger partial charge in [-0.3, -0.25) is 0 Å². The number of aryl methyl sites for hydroxylation is 4. The molecule has 4 aromatic carbocycles. The second-order valence-corrected chi connectivity index (χ2v) is 21.6. The van der Waals surface area contributed by atoms with Crippen molar-refractivity contribution in [1.82, 2.24) is 8.88 Å². The standard InChI is InChI=1S/C60H76N3O5S/c1-11-15-25-46(13-3)39-62(58-42(7)21-19-22-43(58)8)48-29-31-51-54(37-48)68-55-38-49(63(40-47(14-4)26-16-12-2)59-44(9)23-20-24-45(59)10)30-32-52(55)57(51)53-27-17-18-28-56(53)69(65,66)61-35-33-50(34-36-61)67-60(64)41(5)6/h17-24,27-32,37-38,46-47,50H,5,11-16,25-26,33-36,39-40H2,1-4,6-10H3/q+1. The van der Waals surface area contributed by atoms with Gasteiger partial charge in [0.1, 0.15) is 17.4 Å². The van der Waals surface area contributed by atoms with Crippen LogP contribution in [0.25, 0.3) is 33.4 Å². The maximum Gasteiger partial charge on any atom is 0.333 e. The Morgan fingerprint density at radius 2 is 1.41 bits per heavy atom. The van der Waals surface area contributed by atoms with Gasteiger partial charge in [0.2, 0.25) is 21.1 Å². The number of nitrogens with zero attached hydrogens (tertiary/aromatic N) is 3. The van der Waals surface area contributed by atoms with Gasteiger partial charge in [-0.15, -0.1) is 0 Å². The fourth-order valence-electron chi connectivity index (χ4n) is 10.4. The molecule has 1 fully saturated rings. The molecule has 2 atom stereocenters. The third-order valence-corrected chi connectivity index (χ3v) is 16.5. The van der Waals surface area contributed by atoms with Crippen LogP contribution in [0.4, 0.5) is 17.1 Å². The van der Waals surface area contributed by atoms with Crippen molar-refractivity contribution >= 4 is 44.0 Å². The molecule has 1 saturated heterocycles. The monoisotopic (exact) mass is 951 g/mol. The number of carbonyl (C=O) groups excluding carboxylic acids is 1. The Morgan fingerprint density at radius 3 is 2.03 bits per heavy atom. The molecule has 7 rings (SSSR count). The number of benzene rings is 5. The van der Waals surface area contributed by atoms with Crippen molar-refractivity contribution < 1.29 is 22.4 Å². The summed E-state index contributed by atoms with van der Waals surface area (Å²) in [7, 11) is -4.00. The number of para-hydroxylation sites is 2. The van der Waals surface area contributed by atoms with Crippen LogP contribution in [0.1, 0.15) is 121 Å². The van der Waals surface area contributed by atoms with Gasteiger partial charge in [-0.25, -0.2) is 13.2 Å². The summed E-state index contributed by atoms with van der Waals surface area (Å²) in [5.41, 5.74) is 11.6. The van der Waals surface area contributed by atoms with Crippen molar-refractivity contribution in [3.63, 3.8) is 0 Å². The zero-order valence-corrected chi connectivity index (χ0v) is 43.7.